The molecular formula is C19H17BrN4O5. The van der Waals surface area contributed by atoms with E-state index in [1.807, 2.05) is 6.07 Å². The summed E-state index contributed by atoms with van der Waals surface area (Å²) in [5.41, 5.74) is 0.179. The lowest BCUT2D eigenvalue weighted by atomic mass is 10.1. The molecule has 0 radical (unpaired) electrons. The van der Waals surface area contributed by atoms with E-state index in [1.54, 1.807) is 6.92 Å². The van der Waals surface area contributed by atoms with Gasteiger partial charge in [0.05, 0.1) is 28.8 Å². The van der Waals surface area contributed by atoms with E-state index < -0.39 is 10.5 Å². The second-order valence-electron chi connectivity index (χ2n) is 6.55. The van der Waals surface area contributed by atoms with Crippen molar-refractivity contribution in [3.05, 3.63) is 59.8 Å². The standard InChI is InChI=1S/C19H17BrN4O5/c1-11-14(8-21)18(25)23(10-13-3-2-6-29-13)19(26)15(11)9-22-17-5-4-12(24(27)28)7-16(17)20/h4-5,7,9,13,26H,2-3,6,10H2,1H3. The van der Waals surface area contributed by atoms with Gasteiger partial charge < -0.3 is 9.84 Å². The number of aromatic hydroxyl groups is 1. The van der Waals surface area contributed by atoms with Crippen molar-refractivity contribution in [3.63, 3.8) is 0 Å². The number of hydrogen-bond donors (Lipinski definition) is 1. The average molecular weight is 461 g/mol. The first-order valence-electron chi connectivity index (χ1n) is 8.79. The molecule has 0 saturated carbocycles. The summed E-state index contributed by atoms with van der Waals surface area (Å²) in [6.45, 7) is 2.30. The molecule has 10 heteroatoms. The Hall–Kier alpha value is -3.03. The van der Waals surface area contributed by atoms with E-state index in [0.717, 1.165) is 17.4 Å². The molecule has 1 fully saturated rings. The molecule has 1 N–H and O–H groups in total. The second-order valence-corrected chi connectivity index (χ2v) is 7.41. The summed E-state index contributed by atoms with van der Waals surface area (Å²) >= 11 is 3.23. The third-order valence-corrected chi connectivity index (χ3v) is 5.37. The molecule has 2 heterocycles. The van der Waals surface area contributed by atoms with E-state index >= 15 is 0 Å². The van der Waals surface area contributed by atoms with Crippen LogP contribution in [-0.4, -0.2) is 33.5 Å². The maximum Gasteiger partial charge on any atom is 0.271 e. The first-order valence-corrected chi connectivity index (χ1v) is 9.58. The number of benzene rings is 1. The van der Waals surface area contributed by atoms with Crippen LogP contribution in [0.2, 0.25) is 0 Å². The highest BCUT2D eigenvalue weighted by Crippen LogP contribution is 2.30. The number of nitriles is 1. The Morgan fingerprint density at radius 2 is 2.31 bits per heavy atom. The number of rotatable bonds is 5. The number of aliphatic imine (C=N–C) groups is 1. The zero-order chi connectivity index (χ0) is 21.1. The lowest BCUT2D eigenvalue weighted by Gasteiger charge is -2.17. The van der Waals surface area contributed by atoms with Crippen LogP contribution in [-0.2, 0) is 11.3 Å². The van der Waals surface area contributed by atoms with Crippen LogP contribution in [0, 0.1) is 28.4 Å². The summed E-state index contributed by atoms with van der Waals surface area (Å²) in [6, 6.07) is 5.98. The van der Waals surface area contributed by atoms with E-state index in [4.69, 9.17) is 4.74 Å². The molecule has 1 aliphatic rings. The Kier molecular flexibility index (Phi) is 6.10. The van der Waals surface area contributed by atoms with Crippen molar-refractivity contribution in [2.75, 3.05) is 6.61 Å². The summed E-state index contributed by atoms with van der Waals surface area (Å²) in [6.07, 6.45) is 2.77. The minimum Gasteiger partial charge on any atom is -0.494 e. The smallest absolute Gasteiger partial charge is 0.271 e. The summed E-state index contributed by atoms with van der Waals surface area (Å²) in [5, 5.41) is 31.0. The summed E-state index contributed by atoms with van der Waals surface area (Å²) in [4.78, 5) is 27.2. The minimum absolute atomic E-state index is 0.0787. The highest BCUT2D eigenvalue weighted by Gasteiger charge is 2.23. The molecular weight excluding hydrogens is 444 g/mol. The van der Waals surface area contributed by atoms with E-state index in [9.17, 15) is 25.3 Å². The fourth-order valence-electron chi connectivity index (χ4n) is 3.14. The van der Waals surface area contributed by atoms with Crippen molar-refractivity contribution in [3.8, 4) is 11.9 Å². The van der Waals surface area contributed by atoms with Crippen LogP contribution in [0.4, 0.5) is 11.4 Å². The van der Waals surface area contributed by atoms with Crippen molar-refractivity contribution < 1.29 is 14.8 Å². The third kappa shape index (κ3) is 4.21. The highest BCUT2D eigenvalue weighted by atomic mass is 79.9. The van der Waals surface area contributed by atoms with Crippen LogP contribution in [0.15, 0.2) is 32.5 Å². The number of nitrogens with zero attached hydrogens (tertiary/aromatic N) is 4. The number of non-ortho nitro benzene ring substituents is 1. The van der Waals surface area contributed by atoms with Gasteiger partial charge in [0.1, 0.15) is 11.6 Å². The van der Waals surface area contributed by atoms with Crippen molar-refractivity contribution >= 4 is 33.5 Å². The maximum atomic E-state index is 12.6. The summed E-state index contributed by atoms with van der Waals surface area (Å²) in [5.74, 6) is -0.302. The van der Waals surface area contributed by atoms with Crippen LogP contribution in [0.5, 0.6) is 5.88 Å². The molecule has 9 nitrogen and oxygen atoms in total. The average Bonchev–Trinajstić information content (AvgIpc) is 3.19. The van der Waals surface area contributed by atoms with Crippen molar-refractivity contribution in [2.24, 2.45) is 4.99 Å². The highest BCUT2D eigenvalue weighted by molar-refractivity contribution is 9.10. The molecule has 1 atom stereocenters. The molecule has 3 rings (SSSR count). The van der Waals surface area contributed by atoms with Gasteiger partial charge in [-0.2, -0.15) is 5.26 Å². The largest absolute Gasteiger partial charge is 0.494 e. The molecule has 1 aromatic carbocycles. The second kappa shape index (κ2) is 8.55. The summed E-state index contributed by atoms with van der Waals surface area (Å²) in [7, 11) is 0. The molecule has 1 saturated heterocycles. The molecule has 0 spiro atoms. The lowest BCUT2D eigenvalue weighted by Crippen LogP contribution is -2.29. The number of pyridine rings is 1. The maximum absolute atomic E-state index is 12.6. The zero-order valence-corrected chi connectivity index (χ0v) is 17.0. The van der Waals surface area contributed by atoms with Gasteiger partial charge in [-0.1, -0.05) is 0 Å². The number of nitro groups is 1. The predicted octanol–water partition coefficient (Wildman–Crippen LogP) is 3.33. The molecule has 0 bridgehead atoms. The van der Waals surface area contributed by atoms with Gasteiger partial charge in [-0.3, -0.25) is 24.5 Å². The van der Waals surface area contributed by atoms with E-state index in [0.29, 0.717) is 22.3 Å². The Bertz CT molecular complexity index is 1100. The fraction of sp³-hybridized carbons (Fsp3) is 0.316. The topological polar surface area (TPSA) is 131 Å². The van der Waals surface area contributed by atoms with Crippen LogP contribution in [0.3, 0.4) is 0 Å². The third-order valence-electron chi connectivity index (χ3n) is 4.73. The van der Waals surface area contributed by atoms with Gasteiger partial charge >= 0.3 is 0 Å². The summed E-state index contributed by atoms with van der Waals surface area (Å²) < 4.78 is 7.07. The molecule has 1 aliphatic heterocycles. The van der Waals surface area contributed by atoms with Crippen LogP contribution in [0.25, 0.3) is 0 Å². The van der Waals surface area contributed by atoms with Crippen molar-refractivity contribution in [1.82, 2.24) is 4.57 Å². The fourth-order valence-corrected chi connectivity index (χ4v) is 3.60. The number of nitro benzene ring substituents is 1. The SMILES string of the molecule is Cc1c(C=Nc2ccc([N+](=O)[O-])cc2Br)c(O)n(CC2CCCO2)c(=O)c1C#N. The van der Waals surface area contributed by atoms with Crippen molar-refractivity contribution in [2.45, 2.75) is 32.4 Å². The van der Waals surface area contributed by atoms with E-state index in [2.05, 4.69) is 20.9 Å². The quantitative estimate of drug-likeness (QED) is 0.413. The Labute approximate surface area is 174 Å². The first kappa shape index (κ1) is 20.7. The Balaban J connectivity index is 2.04. The van der Waals surface area contributed by atoms with Crippen LogP contribution >= 0.6 is 15.9 Å². The van der Waals surface area contributed by atoms with Gasteiger partial charge in [-0.25, -0.2) is 0 Å². The number of ether oxygens (including phenoxy) is 1. The molecule has 0 amide bonds. The molecule has 150 valence electrons. The van der Waals surface area contributed by atoms with Crippen LogP contribution in [0.1, 0.15) is 29.5 Å². The van der Waals surface area contributed by atoms with Gasteiger partial charge in [-0.05, 0) is 47.3 Å². The predicted molar refractivity (Wildman–Crippen MR) is 109 cm³/mol. The number of hydrogen-bond acceptors (Lipinski definition) is 7. The lowest BCUT2D eigenvalue weighted by molar-refractivity contribution is -0.384. The number of aromatic nitrogens is 1. The Morgan fingerprint density at radius 3 is 2.90 bits per heavy atom. The first-order chi connectivity index (χ1) is 13.8. The number of halogens is 1. The Morgan fingerprint density at radius 1 is 1.55 bits per heavy atom. The molecule has 1 aromatic heterocycles. The van der Waals surface area contributed by atoms with Gasteiger partial charge in [-0.15, -0.1) is 0 Å². The van der Waals surface area contributed by atoms with Gasteiger partial charge in [0.15, 0.2) is 0 Å². The van der Waals surface area contributed by atoms with E-state index in [1.165, 1.54) is 24.4 Å². The van der Waals surface area contributed by atoms with Gasteiger partial charge in [0, 0.05) is 29.4 Å². The van der Waals surface area contributed by atoms with Gasteiger partial charge in [0.25, 0.3) is 11.2 Å². The zero-order valence-electron chi connectivity index (χ0n) is 15.5. The van der Waals surface area contributed by atoms with Crippen LogP contribution < -0.4 is 5.56 Å². The minimum atomic E-state index is -0.577. The van der Waals surface area contributed by atoms with Crippen molar-refractivity contribution in [1.29, 1.82) is 5.26 Å². The molecule has 1 unspecified atom stereocenters. The molecule has 0 aliphatic carbocycles. The van der Waals surface area contributed by atoms with Gasteiger partial charge in [0.2, 0.25) is 5.88 Å². The monoisotopic (exact) mass is 460 g/mol. The normalized spacial score (nSPS) is 16.2. The molecule has 29 heavy (non-hydrogen) atoms. The molecule has 2 aromatic rings. The van der Waals surface area contributed by atoms with E-state index in [-0.39, 0.29) is 35.3 Å².